The second kappa shape index (κ2) is 5.54. The molecule has 0 saturated carbocycles. The molecular weight excluding hydrogens is 274 g/mol. The largest absolute Gasteiger partial charge is 0.382 e. The van der Waals surface area contributed by atoms with Crippen LogP contribution >= 0.6 is 11.6 Å². The predicted octanol–water partition coefficient (Wildman–Crippen LogP) is 3.06. The van der Waals surface area contributed by atoms with Gasteiger partial charge in [-0.3, -0.25) is 0 Å². The van der Waals surface area contributed by atoms with Gasteiger partial charge in [0.1, 0.15) is 17.2 Å². The highest BCUT2D eigenvalue weighted by Crippen LogP contribution is 2.28. The van der Waals surface area contributed by atoms with Gasteiger partial charge in [0.25, 0.3) is 0 Å². The molecule has 1 saturated heterocycles. The molecule has 1 aromatic heterocycles. The third-order valence-electron chi connectivity index (χ3n) is 3.42. The van der Waals surface area contributed by atoms with Gasteiger partial charge in [-0.15, -0.1) is 0 Å². The Morgan fingerprint density at radius 2 is 1.80 bits per heavy atom. The van der Waals surface area contributed by atoms with Gasteiger partial charge in [-0.2, -0.15) is 0 Å². The third-order valence-corrected chi connectivity index (χ3v) is 3.79. The molecule has 1 fully saturated rings. The lowest BCUT2D eigenvalue weighted by molar-refractivity contribution is 0.949. The maximum atomic E-state index is 6.06. The zero-order chi connectivity index (χ0) is 13.9. The van der Waals surface area contributed by atoms with Crippen LogP contribution in [-0.4, -0.2) is 23.1 Å². The number of aromatic nitrogens is 2. The molecule has 1 aliphatic rings. The van der Waals surface area contributed by atoms with Crippen molar-refractivity contribution in [3.05, 3.63) is 35.6 Å². The van der Waals surface area contributed by atoms with E-state index in [1.807, 2.05) is 12.1 Å². The van der Waals surface area contributed by atoms with Crippen LogP contribution < -0.4 is 16.0 Å². The molecule has 0 aliphatic carbocycles. The van der Waals surface area contributed by atoms with Crippen LogP contribution in [0.5, 0.6) is 0 Å². The highest BCUT2D eigenvalue weighted by Gasteiger charge is 2.12. The van der Waals surface area contributed by atoms with Crippen LogP contribution in [0.3, 0.4) is 0 Å². The van der Waals surface area contributed by atoms with Crippen molar-refractivity contribution >= 4 is 34.6 Å². The lowest BCUT2D eigenvalue weighted by atomic mass is 10.2. The number of nitrogens with two attached hydrogens (primary N) is 1. The number of halogens is 1. The maximum Gasteiger partial charge on any atom is 0.154 e. The molecule has 0 amide bonds. The van der Waals surface area contributed by atoms with Gasteiger partial charge in [-0.25, -0.2) is 9.97 Å². The van der Waals surface area contributed by atoms with E-state index in [0.29, 0.717) is 10.8 Å². The fourth-order valence-corrected chi connectivity index (χ4v) is 2.48. The smallest absolute Gasteiger partial charge is 0.154 e. The Morgan fingerprint density at radius 3 is 2.50 bits per heavy atom. The summed E-state index contributed by atoms with van der Waals surface area (Å²) in [5.41, 5.74) is 7.83. The number of nitrogens with zero attached hydrogens (tertiary/aromatic N) is 3. The summed E-state index contributed by atoms with van der Waals surface area (Å²) < 4.78 is 0. The highest BCUT2D eigenvalue weighted by atomic mass is 35.5. The van der Waals surface area contributed by atoms with E-state index in [1.54, 1.807) is 0 Å². The summed E-state index contributed by atoms with van der Waals surface area (Å²) in [5, 5.41) is 3.49. The van der Waals surface area contributed by atoms with E-state index in [0.717, 1.165) is 18.8 Å². The Balaban J connectivity index is 1.76. The highest BCUT2D eigenvalue weighted by molar-refractivity contribution is 6.35. The van der Waals surface area contributed by atoms with E-state index < -0.39 is 0 Å². The quantitative estimate of drug-likeness (QED) is 0.909. The molecular formula is C14H16ClN5. The Kier molecular flexibility index (Phi) is 3.60. The first-order chi connectivity index (χ1) is 9.74. The Labute approximate surface area is 122 Å². The Morgan fingerprint density at radius 1 is 1.10 bits per heavy atom. The van der Waals surface area contributed by atoms with Crippen molar-refractivity contribution in [3.63, 3.8) is 0 Å². The third kappa shape index (κ3) is 2.63. The van der Waals surface area contributed by atoms with E-state index in [9.17, 15) is 0 Å². The average molecular weight is 290 g/mol. The summed E-state index contributed by atoms with van der Waals surface area (Å²) >= 11 is 6.06. The first-order valence-corrected chi connectivity index (χ1v) is 7.00. The van der Waals surface area contributed by atoms with Crippen LogP contribution in [0.4, 0.5) is 23.0 Å². The van der Waals surface area contributed by atoms with Crippen LogP contribution in [-0.2, 0) is 0 Å². The summed E-state index contributed by atoms with van der Waals surface area (Å²) in [6, 6.07) is 8.24. The molecule has 0 bridgehead atoms. The van der Waals surface area contributed by atoms with Gasteiger partial charge in [0.05, 0.1) is 0 Å². The van der Waals surface area contributed by atoms with Crippen molar-refractivity contribution in [3.8, 4) is 0 Å². The molecule has 2 aromatic rings. The van der Waals surface area contributed by atoms with E-state index >= 15 is 0 Å². The second-order valence-electron chi connectivity index (χ2n) is 4.79. The van der Waals surface area contributed by atoms with Gasteiger partial charge in [0, 0.05) is 24.5 Å². The molecule has 0 unspecified atom stereocenters. The standard InChI is InChI=1S/C14H16ClN5/c15-12-13(16)17-9-18-14(12)19-10-3-5-11(6-4-10)20-7-1-2-8-20/h3-6,9H,1-2,7-8H2,(H3,16,17,18,19). The van der Waals surface area contributed by atoms with Gasteiger partial charge in [0.15, 0.2) is 5.82 Å². The monoisotopic (exact) mass is 289 g/mol. The molecule has 6 heteroatoms. The molecule has 0 radical (unpaired) electrons. The van der Waals surface area contributed by atoms with Gasteiger partial charge >= 0.3 is 0 Å². The summed E-state index contributed by atoms with van der Waals surface area (Å²) in [5.74, 6) is 0.797. The molecule has 0 spiro atoms. The van der Waals surface area contributed by atoms with Crippen molar-refractivity contribution in [2.24, 2.45) is 0 Å². The fraction of sp³-hybridized carbons (Fsp3) is 0.286. The van der Waals surface area contributed by atoms with Crippen LogP contribution in [0.25, 0.3) is 0 Å². The number of hydrogen-bond acceptors (Lipinski definition) is 5. The lowest BCUT2D eigenvalue weighted by Crippen LogP contribution is -2.17. The second-order valence-corrected chi connectivity index (χ2v) is 5.17. The summed E-state index contributed by atoms with van der Waals surface area (Å²) in [7, 11) is 0. The summed E-state index contributed by atoms with van der Waals surface area (Å²) in [4.78, 5) is 10.3. The van der Waals surface area contributed by atoms with E-state index in [2.05, 4.69) is 32.3 Å². The molecule has 5 nitrogen and oxygen atoms in total. The minimum atomic E-state index is 0.276. The van der Waals surface area contributed by atoms with Crippen LogP contribution in [0.1, 0.15) is 12.8 Å². The number of nitrogen functional groups attached to an aromatic ring is 1. The van der Waals surface area contributed by atoms with E-state index in [1.165, 1.54) is 24.9 Å². The fourth-order valence-electron chi connectivity index (χ4n) is 2.34. The number of nitrogens with one attached hydrogen (secondary N) is 1. The van der Waals surface area contributed by atoms with Gasteiger partial charge in [-0.1, -0.05) is 11.6 Å². The average Bonchev–Trinajstić information content (AvgIpc) is 2.99. The van der Waals surface area contributed by atoms with Gasteiger partial charge in [-0.05, 0) is 37.1 Å². The number of hydrogen-bond donors (Lipinski definition) is 2. The molecule has 0 atom stereocenters. The van der Waals surface area contributed by atoms with Crippen molar-refractivity contribution in [2.75, 3.05) is 29.0 Å². The number of rotatable bonds is 3. The number of benzene rings is 1. The van der Waals surface area contributed by atoms with Crippen LogP contribution in [0.2, 0.25) is 5.02 Å². The van der Waals surface area contributed by atoms with Crippen molar-refractivity contribution in [2.45, 2.75) is 12.8 Å². The normalized spacial score (nSPS) is 14.6. The van der Waals surface area contributed by atoms with Gasteiger partial charge in [0.2, 0.25) is 0 Å². The molecule has 3 rings (SSSR count). The topological polar surface area (TPSA) is 67.1 Å². The van der Waals surface area contributed by atoms with Crippen molar-refractivity contribution < 1.29 is 0 Å². The Hall–Kier alpha value is -2.01. The Bertz CT molecular complexity index is 593. The van der Waals surface area contributed by atoms with Crippen molar-refractivity contribution in [1.82, 2.24) is 9.97 Å². The van der Waals surface area contributed by atoms with Crippen LogP contribution in [0, 0.1) is 0 Å². The zero-order valence-electron chi connectivity index (χ0n) is 11.0. The van der Waals surface area contributed by atoms with E-state index in [4.69, 9.17) is 17.3 Å². The lowest BCUT2D eigenvalue weighted by Gasteiger charge is -2.18. The SMILES string of the molecule is Nc1ncnc(Nc2ccc(N3CCCC3)cc2)c1Cl. The molecule has 20 heavy (non-hydrogen) atoms. The molecule has 2 heterocycles. The first kappa shape index (κ1) is 13.0. The molecule has 3 N–H and O–H groups in total. The van der Waals surface area contributed by atoms with Crippen LogP contribution in [0.15, 0.2) is 30.6 Å². The maximum absolute atomic E-state index is 6.06. The predicted molar refractivity (Wildman–Crippen MR) is 82.6 cm³/mol. The minimum absolute atomic E-state index is 0.276. The molecule has 104 valence electrons. The minimum Gasteiger partial charge on any atom is -0.382 e. The zero-order valence-corrected chi connectivity index (χ0v) is 11.8. The number of anilines is 4. The van der Waals surface area contributed by atoms with Crippen molar-refractivity contribution in [1.29, 1.82) is 0 Å². The summed E-state index contributed by atoms with van der Waals surface area (Å²) in [6.07, 6.45) is 3.94. The first-order valence-electron chi connectivity index (χ1n) is 6.62. The van der Waals surface area contributed by atoms with E-state index in [-0.39, 0.29) is 5.82 Å². The molecule has 1 aliphatic heterocycles. The van der Waals surface area contributed by atoms with Gasteiger partial charge < -0.3 is 16.0 Å². The summed E-state index contributed by atoms with van der Waals surface area (Å²) in [6.45, 7) is 2.28. The molecule has 1 aromatic carbocycles.